The molecule has 0 spiro atoms. The second kappa shape index (κ2) is 5.35. The molecule has 0 bridgehead atoms. The van der Waals surface area contributed by atoms with Gasteiger partial charge in [0.25, 0.3) is 0 Å². The molecular weight excluding hydrogens is 254 g/mol. The Bertz CT molecular complexity index is 394. The largest absolute Gasteiger partial charge is 0.349 e. The van der Waals surface area contributed by atoms with Gasteiger partial charge in [-0.15, -0.1) is 0 Å². The van der Waals surface area contributed by atoms with Crippen molar-refractivity contribution in [3.8, 4) is 0 Å². The molecule has 5 nitrogen and oxygen atoms in total. The topological polar surface area (TPSA) is 75.4 Å². The number of rotatable bonds is 2. The molecule has 20 heavy (non-hydrogen) atoms. The first-order valence-corrected chi connectivity index (χ1v) is 7.63. The highest BCUT2D eigenvalue weighted by Crippen LogP contribution is 2.27. The maximum atomic E-state index is 12.4. The van der Waals surface area contributed by atoms with Crippen LogP contribution in [0.3, 0.4) is 0 Å². The molecule has 2 fully saturated rings. The molecule has 3 N–H and O–H groups in total. The lowest BCUT2D eigenvalue weighted by atomic mass is 9.81. The van der Waals surface area contributed by atoms with Crippen molar-refractivity contribution < 1.29 is 9.59 Å². The number of amides is 2. The average Bonchev–Trinajstić information content (AvgIpc) is 2.71. The third kappa shape index (κ3) is 3.14. The molecule has 1 heterocycles. The van der Waals surface area contributed by atoms with Crippen molar-refractivity contribution >= 4 is 11.8 Å². The van der Waals surface area contributed by atoms with Gasteiger partial charge in [-0.05, 0) is 33.6 Å². The molecule has 114 valence electrons. The van der Waals surface area contributed by atoms with Crippen molar-refractivity contribution in [3.05, 3.63) is 0 Å². The van der Waals surface area contributed by atoms with Gasteiger partial charge in [0.1, 0.15) is 0 Å². The van der Waals surface area contributed by atoms with Crippen LogP contribution >= 0.6 is 0 Å². The summed E-state index contributed by atoms with van der Waals surface area (Å²) in [6, 6.07) is -0.100. The normalized spacial score (nSPS) is 26.7. The van der Waals surface area contributed by atoms with Crippen LogP contribution in [0.15, 0.2) is 0 Å². The molecule has 2 amide bonds. The van der Waals surface area contributed by atoms with Crippen LogP contribution in [0, 0.1) is 0 Å². The highest BCUT2D eigenvalue weighted by atomic mass is 16.2. The predicted molar refractivity (Wildman–Crippen MR) is 78.0 cm³/mol. The number of nitrogens with zero attached hydrogens (tertiary/aromatic N) is 1. The van der Waals surface area contributed by atoms with Crippen LogP contribution in [0.25, 0.3) is 0 Å². The molecule has 0 aromatic rings. The number of hydrogen-bond donors (Lipinski definition) is 2. The smallest absolute Gasteiger partial charge is 0.240 e. The maximum Gasteiger partial charge on any atom is 0.240 e. The zero-order valence-electron chi connectivity index (χ0n) is 12.9. The van der Waals surface area contributed by atoms with Crippen molar-refractivity contribution in [1.29, 1.82) is 0 Å². The van der Waals surface area contributed by atoms with E-state index in [1.807, 2.05) is 25.7 Å². The molecule has 2 aliphatic rings. The lowest BCUT2D eigenvalue weighted by Crippen LogP contribution is -2.57. The van der Waals surface area contributed by atoms with Crippen LogP contribution in [0.2, 0.25) is 0 Å². The van der Waals surface area contributed by atoms with Crippen molar-refractivity contribution in [2.45, 2.75) is 76.4 Å². The SMILES string of the molecule is CC(C)(C)N1CC(NC(=O)C2(N)CCCCC2)CC1=O. The summed E-state index contributed by atoms with van der Waals surface area (Å²) in [6.07, 6.45) is 5.08. The maximum absolute atomic E-state index is 12.4. The fraction of sp³-hybridized carbons (Fsp3) is 0.867. The van der Waals surface area contributed by atoms with Gasteiger partial charge < -0.3 is 16.0 Å². The third-order valence-electron chi connectivity index (χ3n) is 4.47. The Kier molecular flexibility index (Phi) is 4.09. The Balaban J connectivity index is 1.94. The van der Waals surface area contributed by atoms with Gasteiger partial charge >= 0.3 is 0 Å². The van der Waals surface area contributed by atoms with E-state index in [2.05, 4.69) is 5.32 Å². The van der Waals surface area contributed by atoms with E-state index in [9.17, 15) is 9.59 Å². The van der Waals surface area contributed by atoms with E-state index in [1.165, 1.54) is 0 Å². The Hall–Kier alpha value is -1.10. The number of carbonyl (C=O) groups is 2. The second-order valence-electron chi connectivity index (χ2n) is 7.27. The summed E-state index contributed by atoms with van der Waals surface area (Å²) >= 11 is 0. The van der Waals surface area contributed by atoms with E-state index in [-0.39, 0.29) is 23.4 Å². The molecule has 0 radical (unpaired) electrons. The lowest BCUT2D eigenvalue weighted by molar-refractivity contribution is -0.131. The summed E-state index contributed by atoms with van der Waals surface area (Å²) in [7, 11) is 0. The van der Waals surface area contributed by atoms with Gasteiger partial charge in [0.05, 0.1) is 11.6 Å². The Morgan fingerprint density at radius 2 is 1.90 bits per heavy atom. The molecule has 1 aliphatic carbocycles. The molecule has 5 heteroatoms. The fourth-order valence-corrected chi connectivity index (χ4v) is 3.19. The van der Waals surface area contributed by atoms with Gasteiger partial charge in [-0.25, -0.2) is 0 Å². The first kappa shape index (κ1) is 15.3. The van der Waals surface area contributed by atoms with Crippen molar-refractivity contribution in [1.82, 2.24) is 10.2 Å². The van der Waals surface area contributed by atoms with Gasteiger partial charge in [-0.1, -0.05) is 19.3 Å². The van der Waals surface area contributed by atoms with Crippen molar-refractivity contribution in [3.63, 3.8) is 0 Å². The van der Waals surface area contributed by atoms with Crippen molar-refractivity contribution in [2.75, 3.05) is 6.54 Å². The number of carbonyl (C=O) groups excluding carboxylic acids is 2. The standard InChI is InChI=1S/C15H27N3O2/c1-14(2,3)18-10-11(9-12(18)19)17-13(20)15(16)7-5-4-6-8-15/h11H,4-10,16H2,1-3H3,(H,17,20). The second-order valence-corrected chi connectivity index (χ2v) is 7.27. The first-order chi connectivity index (χ1) is 9.22. The Morgan fingerprint density at radius 1 is 1.30 bits per heavy atom. The van der Waals surface area contributed by atoms with E-state index in [1.54, 1.807) is 0 Å². The van der Waals surface area contributed by atoms with Crippen LogP contribution in [-0.4, -0.2) is 40.4 Å². The minimum Gasteiger partial charge on any atom is -0.349 e. The third-order valence-corrected chi connectivity index (χ3v) is 4.47. The van der Waals surface area contributed by atoms with Crippen LogP contribution in [-0.2, 0) is 9.59 Å². The molecule has 1 aliphatic heterocycles. The summed E-state index contributed by atoms with van der Waals surface area (Å²) in [6.45, 7) is 6.63. The quantitative estimate of drug-likeness (QED) is 0.797. The summed E-state index contributed by atoms with van der Waals surface area (Å²) in [5, 5.41) is 3.00. The van der Waals surface area contributed by atoms with Gasteiger partial charge in [-0.2, -0.15) is 0 Å². The fourth-order valence-electron chi connectivity index (χ4n) is 3.19. The van der Waals surface area contributed by atoms with Crippen LogP contribution in [0.5, 0.6) is 0 Å². The number of nitrogens with one attached hydrogen (secondary N) is 1. The van der Waals surface area contributed by atoms with Gasteiger partial charge in [0.2, 0.25) is 11.8 Å². The number of nitrogens with two attached hydrogens (primary N) is 1. The molecular formula is C15H27N3O2. The summed E-state index contributed by atoms with van der Waals surface area (Å²) in [5.74, 6) is 0.0308. The molecule has 1 atom stereocenters. The minimum absolute atomic E-state index is 0.0780. The molecule has 2 rings (SSSR count). The average molecular weight is 281 g/mol. The van der Waals surface area contributed by atoms with Gasteiger partial charge in [0.15, 0.2) is 0 Å². The van der Waals surface area contributed by atoms with Crippen LogP contribution < -0.4 is 11.1 Å². The molecule has 1 saturated heterocycles. The Labute approximate surface area is 121 Å². The van der Waals surface area contributed by atoms with E-state index in [0.29, 0.717) is 13.0 Å². The Morgan fingerprint density at radius 3 is 2.40 bits per heavy atom. The number of hydrogen-bond acceptors (Lipinski definition) is 3. The molecule has 0 aromatic carbocycles. The monoisotopic (exact) mass is 281 g/mol. The summed E-state index contributed by atoms with van der Waals surface area (Å²) in [4.78, 5) is 26.2. The predicted octanol–water partition coefficient (Wildman–Crippen LogP) is 1.16. The molecule has 1 unspecified atom stereocenters. The lowest BCUT2D eigenvalue weighted by Gasteiger charge is -2.34. The molecule has 0 aromatic heterocycles. The van der Waals surface area contributed by atoms with Crippen molar-refractivity contribution in [2.24, 2.45) is 5.73 Å². The van der Waals surface area contributed by atoms with Crippen LogP contribution in [0.4, 0.5) is 0 Å². The minimum atomic E-state index is -0.726. The van der Waals surface area contributed by atoms with Gasteiger partial charge in [-0.3, -0.25) is 9.59 Å². The van der Waals surface area contributed by atoms with E-state index in [4.69, 9.17) is 5.73 Å². The zero-order valence-corrected chi connectivity index (χ0v) is 12.9. The zero-order chi connectivity index (χ0) is 15.0. The van der Waals surface area contributed by atoms with Gasteiger partial charge in [0, 0.05) is 18.5 Å². The first-order valence-electron chi connectivity index (χ1n) is 7.63. The summed E-state index contributed by atoms with van der Waals surface area (Å²) < 4.78 is 0. The van der Waals surface area contributed by atoms with E-state index < -0.39 is 5.54 Å². The number of likely N-dealkylation sites (tertiary alicyclic amines) is 1. The van der Waals surface area contributed by atoms with Crippen LogP contribution in [0.1, 0.15) is 59.3 Å². The summed E-state index contributed by atoms with van der Waals surface area (Å²) in [5.41, 5.74) is 5.31. The van der Waals surface area contributed by atoms with E-state index >= 15 is 0 Å². The van der Waals surface area contributed by atoms with E-state index in [0.717, 1.165) is 32.1 Å². The highest BCUT2D eigenvalue weighted by molar-refractivity contribution is 5.88. The highest BCUT2D eigenvalue weighted by Gasteiger charge is 2.40. The molecule has 1 saturated carbocycles.